The number of aryl methyl sites for hydroxylation is 3. The summed E-state index contributed by atoms with van der Waals surface area (Å²) in [5.41, 5.74) is 8.14. The van der Waals surface area contributed by atoms with Gasteiger partial charge in [0.05, 0.1) is 27.9 Å². The van der Waals surface area contributed by atoms with Crippen LogP contribution >= 0.6 is 0 Å². The molecule has 0 atom stereocenters. The molecule has 2 aliphatic heterocycles. The number of hydrogen-bond donors (Lipinski definition) is 0. The Kier molecular flexibility index (Phi) is 5.63. The zero-order valence-electron chi connectivity index (χ0n) is 22.9. The van der Waals surface area contributed by atoms with Crippen molar-refractivity contribution in [2.75, 3.05) is 4.90 Å². The largest absolute Gasteiger partial charge is 0.386 e. The zero-order valence-corrected chi connectivity index (χ0v) is 22.9. The number of amides is 2. The van der Waals surface area contributed by atoms with Gasteiger partial charge in [0, 0.05) is 5.41 Å². The molecular formula is C34H27NO5. The first-order valence-electron chi connectivity index (χ1n) is 13.1. The number of esters is 2. The second-order valence-corrected chi connectivity index (χ2v) is 11.1. The smallest absolute Gasteiger partial charge is 0.346 e. The van der Waals surface area contributed by atoms with Gasteiger partial charge in [0.25, 0.3) is 11.8 Å². The van der Waals surface area contributed by atoms with E-state index in [1.54, 1.807) is 30.3 Å². The normalized spacial score (nSPS) is 14.5. The third kappa shape index (κ3) is 3.79. The van der Waals surface area contributed by atoms with Gasteiger partial charge in [-0.15, -0.1) is 0 Å². The molecule has 0 aliphatic carbocycles. The van der Waals surface area contributed by atoms with Crippen LogP contribution in [0.25, 0.3) is 11.1 Å². The maximum atomic E-state index is 13.6. The van der Waals surface area contributed by atoms with Gasteiger partial charge in [-0.2, -0.15) is 0 Å². The van der Waals surface area contributed by atoms with Crippen LogP contribution in [-0.2, 0) is 10.2 Å². The maximum absolute atomic E-state index is 13.6. The molecule has 198 valence electrons. The fourth-order valence-electron chi connectivity index (χ4n) is 5.71. The lowest BCUT2D eigenvalue weighted by Crippen LogP contribution is -2.29. The molecule has 2 amide bonds. The summed E-state index contributed by atoms with van der Waals surface area (Å²) in [6.45, 7) is 10.1. The molecule has 6 nitrogen and oxygen atoms in total. The van der Waals surface area contributed by atoms with E-state index in [4.69, 9.17) is 4.74 Å². The van der Waals surface area contributed by atoms with E-state index in [2.05, 4.69) is 32.0 Å². The Morgan fingerprint density at radius 3 is 1.73 bits per heavy atom. The lowest BCUT2D eigenvalue weighted by atomic mass is 9.76. The predicted molar refractivity (Wildman–Crippen MR) is 152 cm³/mol. The summed E-state index contributed by atoms with van der Waals surface area (Å²) < 4.78 is 4.73. The summed E-state index contributed by atoms with van der Waals surface area (Å²) in [6, 6.07) is 22.3. The summed E-state index contributed by atoms with van der Waals surface area (Å²) >= 11 is 0. The fraction of sp³-hybridized carbons (Fsp3) is 0.176. The van der Waals surface area contributed by atoms with Crippen molar-refractivity contribution in [3.8, 4) is 11.1 Å². The summed E-state index contributed by atoms with van der Waals surface area (Å²) in [6.07, 6.45) is 0. The highest BCUT2D eigenvalue weighted by atomic mass is 16.6. The van der Waals surface area contributed by atoms with Gasteiger partial charge in [-0.3, -0.25) is 9.59 Å². The first kappa shape index (κ1) is 25.4. The van der Waals surface area contributed by atoms with E-state index in [1.807, 2.05) is 45.0 Å². The number of carbonyl (C=O) groups excluding carboxylic acids is 4. The van der Waals surface area contributed by atoms with Gasteiger partial charge < -0.3 is 4.74 Å². The van der Waals surface area contributed by atoms with E-state index in [-0.39, 0.29) is 22.9 Å². The van der Waals surface area contributed by atoms with Crippen LogP contribution in [-0.4, -0.2) is 23.8 Å². The fourth-order valence-corrected chi connectivity index (χ4v) is 5.71. The molecule has 0 radical (unpaired) electrons. The van der Waals surface area contributed by atoms with E-state index in [9.17, 15) is 19.2 Å². The van der Waals surface area contributed by atoms with Crippen LogP contribution in [0.3, 0.4) is 0 Å². The van der Waals surface area contributed by atoms with Crippen LogP contribution < -0.4 is 4.90 Å². The predicted octanol–water partition coefficient (Wildman–Crippen LogP) is 6.72. The van der Waals surface area contributed by atoms with Crippen LogP contribution in [0.15, 0.2) is 72.8 Å². The Hall–Kier alpha value is -4.84. The van der Waals surface area contributed by atoms with Crippen molar-refractivity contribution in [3.05, 3.63) is 123 Å². The van der Waals surface area contributed by atoms with Crippen LogP contribution in [0.4, 0.5) is 5.69 Å². The van der Waals surface area contributed by atoms with Crippen molar-refractivity contribution >= 4 is 29.4 Å². The number of rotatable bonds is 4. The number of benzene rings is 4. The molecule has 4 aromatic carbocycles. The molecule has 0 unspecified atom stereocenters. The van der Waals surface area contributed by atoms with Crippen molar-refractivity contribution in [3.63, 3.8) is 0 Å². The molecular weight excluding hydrogens is 502 g/mol. The van der Waals surface area contributed by atoms with Gasteiger partial charge in [0.15, 0.2) is 0 Å². The molecule has 2 heterocycles. The van der Waals surface area contributed by atoms with E-state index in [0.717, 1.165) is 27.8 Å². The lowest BCUT2D eigenvalue weighted by Gasteiger charge is -2.26. The lowest BCUT2D eigenvalue weighted by molar-refractivity contribution is 0.0443. The zero-order chi connectivity index (χ0) is 28.5. The minimum atomic E-state index is -0.665. The summed E-state index contributed by atoms with van der Waals surface area (Å²) in [4.78, 5) is 52.3. The molecule has 0 bridgehead atoms. The van der Waals surface area contributed by atoms with Gasteiger partial charge >= 0.3 is 11.9 Å². The van der Waals surface area contributed by atoms with E-state index in [0.29, 0.717) is 16.8 Å². The van der Waals surface area contributed by atoms with Crippen molar-refractivity contribution < 1.29 is 23.9 Å². The Labute approximate surface area is 232 Å². The summed E-state index contributed by atoms with van der Waals surface area (Å²) in [7, 11) is 0. The van der Waals surface area contributed by atoms with Crippen molar-refractivity contribution in [2.24, 2.45) is 0 Å². The number of imide groups is 1. The van der Waals surface area contributed by atoms with E-state index < -0.39 is 17.4 Å². The number of carbonyl (C=O) groups is 4. The highest BCUT2D eigenvalue weighted by Gasteiger charge is 2.39. The van der Waals surface area contributed by atoms with Gasteiger partial charge in [-0.05, 0) is 90.6 Å². The van der Waals surface area contributed by atoms with Crippen molar-refractivity contribution in [1.82, 2.24) is 0 Å². The number of anilines is 1. The Morgan fingerprint density at radius 2 is 1.07 bits per heavy atom. The number of fused-ring (bicyclic) bond motifs is 2. The molecule has 0 saturated carbocycles. The molecule has 0 N–H and O–H groups in total. The number of cyclic esters (lactones) is 2. The van der Waals surface area contributed by atoms with E-state index >= 15 is 0 Å². The molecule has 4 aromatic rings. The monoisotopic (exact) mass is 529 g/mol. The van der Waals surface area contributed by atoms with Gasteiger partial charge in [0.2, 0.25) is 0 Å². The third-order valence-corrected chi connectivity index (χ3v) is 8.12. The van der Waals surface area contributed by atoms with Gasteiger partial charge in [-0.25, -0.2) is 14.5 Å². The Morgan fingerprint density at radius 1 is 0.550 bits per heavy atom. The van der Waals surface area contributed by atoms with Gasteiger partial charge in [-0.1, -0.05) is 55.8 Å². The van der Waals surface area contributed by atoms with Crippen LogP contribution in [0.2, 0.25) is 0 Å². The second kappa shape index (κ2) is 8.85. The number of ether oxygens (including phenoxy) is 1. The first-order chi connectivity index (χ1) is 19.0. The average Bonchev–Trinajstić information content (AvgIpc) is 3.35. The van der Waals surface area contributed by atoms with Crippen LogP contribution in [0, 0.1) is 20.8 Å². The molecule has 6 heteroatoms. The maximum Gasteiger partial charge on any atom is 0.346 e. The first-order valence-corrected chi connectivity index (χ1v) is 13.1. The minimum Gasteiger partial charge on any atom is -0.386 e. The van der Waals surface area contributed by atoms with Crippen molar-refractivity contribution in [1.29, 1.82) is 0 Å². The van der Waals surface area contributed by atoms with Crippen LogP contribution in [0.5, 0.6) is 0 Å². The highest BCUT2D eigenvalue weighted by molar-refractivity contribution is 6.34. The molecule has 0 fully saturated rings. The SMILES string of the molecule is Cc1ccc(-c2ccc(N3C(=O)c4ccc(C(C)(C)c5ccc6c(c5)C(=O)OC6=O)cc4C3=O)cc2C)c(C)c1. The van der Waals surface area contributed by atoms with Crippen molar-refractivity contribution in [2.45, 2.75) is 40.0 Å². The highest BCUT2D eigenvalue weighted by Crippen LogP contribution is 2.38. The van der Waals surface area contributed by atoms with Gasteiger partial charge in [0.1, 0.15) is 0 Å². The number of hydrogen-bond acceptors (Lipinski definition) is 5. The summed E-state index contributed by atoms with van der Waals surface area (Å²) in [5.74, 6) is -2.05. The van der Waals surface area contributed by atoms with Crippen LogP contribution in [0.1, 0.15) is 83.1 Å². The second-order valence-electron chi connectivity index (χ2n) is 11.1. The average molecular weight is 530 g/mol. The summed E-state index contributed by atoms with van der Waals surface area (Å²) in [5, 5.41) is 0. The van der Waals surface area contributed by atoms with E-state index in [1.165, 1.54) is 16.0 Å². The third-order valence-electron chi connectivity index (χ3n) is 8.12. The Balaban J connectivity index is 1.34. The molecule has 6 rings (SSSR count). The quantitative estimate of drug-likeness (QED) is 0.167. The molecule has 40 heavy (non-hydrogen) atoms. The molecule has 0 aromatic heterocycles. The molecule has 0 saturated heterocycles. The Bertz CT molecular complexity index is 1810. The minimum absolute atomic E-state index is 0.230. The molecule has 2 aliphatic rings. The molecule has 0 spiro atoms. The topological polar surface area (TPSA) is 80.8 Å². The number of nitrogens with zero attached hydrogens (tertiary/aromatic N) is 1. The standard InChI is InChI=1S/C34H27NO5/c1-18-6-10-24(19(2)14-18)25-13-9-23(15-20(25)3)35-30(36)26-11-7-21(16-28(26)31(35)37)34(4,5)22-8-12-27-29(17-22)33(39)40-32(27)38/h6-17H,1-5H3.